The van der Waals surface area contributed by atoms with Crippen molar-refractivity contribution < 1.29 is 14.6 Å². The molecule has 1 atom stereocenters. The molecule has 1 unspecified atom stereocenters. The Bertz CT molecular complexity index is 445. The lowest BCUT2D eigenvalue weighted by Crippen LogP contribution is -2.51. The third kappa shape index (κ3) is 2.78. The quantitative estimate of drug-likeness (QED) is 0.911. The Morgan fingerprint density at radius 2 is 2.00 bits per heavy atom. The summed E-state index contributed by atoms with van der Waals surface area (Å²) in [5.41, 5.74) is 0.972. The summed E-state index contributed by atoms with van der Waals surface area (Å²) in [6.45, 7) is 5.13. The number of aliphatic hydroxyl groups excluding tert-OH is 1. The normalized spacial score (nSPS) is 22.2. The molecule has 0 aromatic heterocycles. The fourth-order valence-electron chi connectivity index (χ4n) is 2.82. The molecule has 1 fully saturated rings. The van der Waals surface area contributed by atoms with Crippen LogP contribution in [0.2, 0.25) is 0 Å². The molecule has 0 aliphatic carbocycles. The van der Waals surface area contributed by atoms with E-state index >= 15 is 0 Å². The summed E-state index contributed by atoms with van der Waals surface area (Å²) < 4.78 is 10.7. The van der Waals surface area contributed by atoms with Crippen molar-refractivity contribution in [3.63, 3.8) is 0 Å². The molecule has 1 heterocycles. The van der Waals surface area contributed by atoms with Crippen molar-refractivity contribution in [1.82, 2.24) is 0 Å². The molecule has 0 bridgehead atoms. The first-order valence-electron chi connectivity index (χ1n) is 6.65. The van der Waals surface area contributed by atoms with E-state index < -0.39 is 0 Å². The molecule has 1 aromatic rings. The van der Waals surface area contributed by atoms with Gasteiger partial charge in [-0.3, -0.25) is 0 Å². The van der Waals surface area contributed by atoms with Crippen LogP contribution in [0.3, 0.4) is 0 Å². The van der Waals surface area contributed by atoms with Crippen LogP contribution < -0.4 is 14.4 Å². The Labute approximate surface area is 114 Å². The second kappa shape index (κ2) is 5.29. The van der Waals surface area contributed by atoms with Gasteiger partial charge in [-0.05, 0) is 38.8 Å². The maximum Gasteiger partial charge on any atom is 0.145 e. The highest BCUT2D eigenvalue weighted by Crippen LogP contribution is 2.39. The van der Waals surface area contributed by atoms with Crippen LogP contribution in [0.4, 0.5) is 5.69 Å². The van der Waals surface area contributed by atoms with E-state index in [1.54, 1.807) is 14.2 Å². The topological polar surface area (TPSA) is 41.9 Å². The lowest BCUT2D eigenvalue weighted by Gasteiger charge is -2.46. The van der Waals surface area contributed by atoms with Crippen molar-refractivity contribution in [2.24, 2.45) is 0 Å². The molecule has 0 saturated carbocycles. The minimum absolute atomic E-state index is 0.0838. The lowest BCUT2D eigenvalue weighted by atomic mass is 9.88. The Morgan fingerprint density at radius 1 is 1.26 bits per heavy atom. The van der Waals surface area contributed by atoms with Gasteiger partial charge in [-0.1, -0.05) is 0 Å². The van der Waals surface area contributed by atoms with Crippen LogP contribution in [-0.4, -0.2) is 37.5 Å². The Balaban J connectivity index is 2.35. The Morgan fingerprint density at radius 3 is 2.58 bits per heavy atom. The van der Waals surface area contributed by atoms with E-state index in [1.807, 2.05) is 18.2 Å². The fourth-order valence-corrected chi connectivity index (χ4v) is 2.82. The van der Waals surface area contributed by atoms with E-state index in [4.69, 9.17) is 9.47 Å². The summed E-state index contributed by atoms with van der Waals surface area (Å²) in [7, 11) is 3.32. The van der Waals surface area contributed by atoms with Gasteiger partial charge in [0.05, 0.1) is 26.0 Å². The first-order valence-corrected chi connectivity index (χ1v) is 6.65. The number of hydrogen-bond donors (Lipinski definition) is 1. The molecular formula is C15H23NO3. The summed E-state index contributed by atoms with van der Waals surface area (Å²) >= 11 is 0. The Hall–Kier alpha value is -1.42. The predicted octanol–water partition coefficient (Wildman–Crippen LogP) is 2.44. The van der Waals surface area contributed by atoms with E-state index in [9.17, 15) is 5.11 Å². The number of anilines is 1. The average Bonchev–Trinajstić information content (AvgIpc) is 2.37. The number of methoxy groups -OCH3 is 2. The molecule has 2 rings (SSSR count). The number of rotatable bonds is 3. The number of piperidine rings is 1. The second-order valence-electron chi connectivity index (χ2n) is 5.65. The van der Waals surface area contributed by atoms with Gasteiger partial charge in [0.2, 0.25) is 0 Å². The van der Waals surface area contributed by atoms with Crippen molar-refractivity contribution in [3.05, 3.63) is 18.2 Å². The largest absolute Gasteiger partial charge is 0.497 e. The van der Waals surface area contributed by atoms with E-state index in [2.05, 4.69) is 18.7 Å². The molecule has 0 spiro atoms. The third-order valence-corrected chi connectivity index (χ3v) is 3.83. The molecule has 106 valence electrons. The van der Waals surface area contributed by atoms with Gasteiger partial charge in [0.1, 0.15) is 11.5 Å². The monoisotopic (exact) mass is 265 g/mol. The molecule has 1 aliphatic rings. The zero-order chi connectivity index (χ0) is 14.0. The molecule has 19 heavy (non-hydrogen) atoms. The molecule has 1 saturated heterocycles. The molecule has 0 amide bonds. The van der Waals surface area contributed by atoms with Gasteiger partial charge in [0, 0.05) is 18.2 Å². The first-order chi connectivity index (χ1) is 8.97. The zero-order valence-electron chi connectivity index (χ0n) is 12.1. The minimum atomic E-state index is -0.213. The molecular weight excluding hydrogens is 242 g/mol. The van der Waals surface area contributed by atoms with Gasteiger partial charge in [-0.25, -0.2) is 0 Å². The van der Waals surface area contributed by atoms with Crippen LogP contribution in [0.5, 0.6) is 11.5 Å². The summed E-state index contributed by atoms with van der Waals surface area (Å²) in [4.78, 5) is 2.30. The van der Waals surface area contributed by atoms with Crippen molar-refractivity contribution in [2.75, 3.05) is 25.7 Å². The number of aliphatic hydroxyl groups is 1. The van der Waals surface area contributed by atoms with E-state index in [1.165, 1.54) is 0 Å². The predicted molar refractivity (Wildman–Crippen MR) is 76.2 cm³/mol. The Kier molecular flexibility index (Phi) is 3.90. The van der Waals surface area contributed by atoms with E-state index in [-0.39, 0.29) is 11.6 Å². The van der Waals surface area contributed by atoms with Crippen molar-refractivity contribution in [1.29, 1.82) is 0 Å². The maximum absolute atomic E-state index is 9.84. The zero-order valence-corrected chi connectivity index (χ0v) is 12.1. The van der Waals surface area contributed by atoms with Crippen molar-refractivity contribution in [3.8, 4) is 11.5 Å². The second-order valence-corrected chi connectivity index (χ2v) is 5.65. The number of ether oxygens (including phenoxy) is 2. The summed E-state index contributed by atoms with van der Waals surface area (Å²) in [6.07, 6.45) is 1.34. The maximum atomic E-state index is 9.84. The van der Waals surface area contributed by atoms with Gasteiger partial charge >= 0.3 is 0 Å². The minimum Gasteiger partial charge on any atom is -0.497 e. The lowest BCUT2D eigenvalue weighted by molar-refractivity contribution is 0.107. The van der Waals surface area contributed by atoms with Crippen LogP contribution in [0.1, 0.15) is 26.7 Å². The highest BCUT2D eigenvalue weighted by Gasteiger charge is 2.35. The van der Waals surface area contributed by atoms with Gasteiger partial charge in [-0.15, -0.1) is 0 Å². The van der Waals surface area contributed by atoms with Gasteiger partial charge < -0.3 is 19.5 Å². The number of hydrogen-bond acceptors (Lipinski definition) is 4. The van der Waals surface area contributed by atoms with Crippen LogP contribution in [0.25, 0.3) is 0 Å². The van der Waals surface area contributed by atoms with E-state index in [0.717, 1.165) is 36.6 Å². The number of nitrogens with zero attached hydrogens (tertiary/aromatic N) is 1. The fraction of sp³-hybridized carbons (Fsp3) is 0.600. The van der Waals surface area contributed by atoms with Crippen LogP contribution in [0, 0.1) is 0 Å². The average molecular weight is 265 g/mol. The molecule has 0 radical (unpaired) electrons. The smallest absolute Gasteiger partial charge is 0.145 e. The third-order valence-electron chi connectivity index (χ3n) is 3.83. The van der Waals surface area contributed by atoms with Crippen molar-refractivity contribution in [2.45, 2.75) is 38.3 Å². The molecule has 1 aromatic carbocycles. The summed E-state index contributed by atoms with van der Waals surface area (Å²) in [5.74, 6) is 1.60. The van der Waals surface area contributed by atoms with Crippen molar-refractivity contribution >= 4 is 5.69 Å². The highest BCUT2D eigenvalue weighted by molar-refractivity contribution is 5.62. The molecule has 4 nitrogen and oxygen atoms in total. The van der Waals surface area contributed by atoms with Crippen LogP contribution >= 0.6 is 0 Å². The van der Waals surface area contributed by atoms with E-state index in [0.29, 0.717) is 0 Å². The summed E-state index contributed by atoms with van der Waals surface area (Å²) in [6, 6.07) is 5.87. The molecule has 4 heteroatoms. The highest BCUT2D eigenvalue weighted by atomic mass is 16.5. The number of benzene rings is 1. The summed E-state index contributed by atoms with van der Waals surface area (Å²) in [5, 5.41) is 9.84. The van der Waals surface area contributed by atoms with Gasteiger partial charge in [0.15, 0.2) is 0 Å². The van der Waals surface area contributed by atoms with Crippen LogP contribution in [-0.2, 0) is 0 Å². The van der Waals surface area contributed by atoms with Gasteiger partial charge in [0.25, 0.3) is 0 Å². The first kappa shape index (κ1) is 14.0. The molecule has 1 aliphatic heterocycles. The SMILES string of the molecule is COc1ccc(N2CCC(O)CC2(C)C)c(OC)c1. The van der Waals surface area contributed by atoms with Crippen LogP contribution in [0.15, 0.2) is 18.2 Å². The molecule has 1 N–H and O–H groups in total. The van der Waals surface area contributed by atoms with Gasteiger partial charge in [-0.2, -0.15) is 0 Å². The standard InChI is InChI=1S/C15H23NO3/c1-15(2)10-11(17)7-8-16(15)13-6-5-12(18-3)9-14(13)19-4/h5-6,9,11,17H,7-8,10H2,1-4H3.